The predicted molar refractivity (Wildman–Crippen MR) is 104 cm³/mol. The van der Waals surface area contributed by atoms with Gasteiger partial charge in [0.25, 0.3) is 0 Å². The SMILES string of the molecule is CC(C1=NC2=C(CCC=C2)NC2=C1CC(C)S2)=C1CCN(C)CC1. The highest BCUT2D eigenvalue weighted by molar-refractivity contribution is 8.03. The van der Waals surface area contributed by atoms with Gasteiger partial charge in [-0.2, -0.15) is 0 Å². The molecule has 1 saturated heterocycles. The van der Waals surface area contributed by atoms with Crippen LogP contribution in [0.15, 0.2) is 50.3 Å². The van der Waals surface area contributed by atoms with Crippen molar-refractivity contribution in [3.05, 3.63) is 45.3 Å². The van der Waals surface area contributed by atoms with Crippen LogP contribution in [0.25, 0.3) is 0 Å². The smallest absolute Gasteiger partial charge is 0.0826 e. The summed E-state index contributed by atoms with van der Waals surface area (Å²) in [5.41, 5.74) is 8.19. The zero-order chi connectivity index (χ0) is 16.7. The Morgan fingerprint density at radius 3 is 2.88 bits per heavy atom. The molecule has 4 aliphatic rings. The third-order valence-electron chi connectivity index (χ3n) is 5.49. The first kappa shape index (κ1) is 16.2. The second-order valence-corrected chi connectivity index (χ2v) is 8.81. The minimum atomic E-state index is 0.643. The van der Waals surface area contributed by atoms with Gasteiger partial charge < -0.3 is 10.2 Å². The average Bonchev–Trinajstić information content (AvgIpc) is 2.86. The van der Waals surface area contributed by atoms with Gasteiger partial charge in [-0.05, 0) is 57.7 Å². The maximum Gasteiger partial charge on any atom is 0.0826 e. The Morgan fingerprint density at radius 2 is 2.08 bits per heavy atom. The molecule has 0 aromatic heterocycles. The van der Waals surface area contributed by atoms with E-state index in [1.807, 2.05) is 11.8 Å². The Balaban J connectivity index is 1.76. The summed E-state index contributed by atoms with van der Waals surface area (Å²) in [5, 5.41) is 5.73. The molecule has 0 spiro atoms. The van der Waals surface area contributed by atoms with Gasteiger partial charge in [-0.15, -0.1) is 11.8 Å². The molecule has 0 aromatic rings. The first-order valence-corrected chi connectivity index (χ1v) is 10.0. The van der Waals surface area contributed by atoms with E-state index in [-0.39, 0.29) is 0 Å². The zero-order valence-electron chi connectivity index (χ0n) is 15.0. The molecule has 0 bridgehead atoms. The van der Waals surface area contributed by atoms with E-state index in [1.54, 1.807) is 5.57 Å². The van der Waals surface area contributed by atoms with Gasteiger partial charge >= 0.3 is 0 Å². The lowest BCUT2D eigenvalue weighted by molar-refractivity contribution is 0.312. The lowest BCUT2D eigenvalue weighted by Crippen LogP contribution is -2.27. The molecule has 24 heavy (non-hydrogen) atoms. The van der Waals surface area contributed by atoms with Crippen molar-refractivity contribution in [1.82, 2.24) is 10.2 Å². The minimum absolute atomic E-state index is 0.643. The quantitative estimate of drug-likeness (QED) is 0.767. The van der Waals surface area contributed by atoms with Crippen LogP contribution < -0.4 is 5.32 Å². The second-order valence-electron chi connectivity index (χ2n) is 7.36. The summed E-state index contributed by atoms with van der Waals surface area (Å²) in [5.74, 6) is 0. The van der Waals surface area contributed by atoms with Crippen molar-refractivity contribution in [3.8, 4) is 0 Å². The summed E-state index contributed by atoms with van der Waals surface area (Å²) < 4.78 is 0. The first-order valence-electron chi connectivity index (χ1n) is 9.15. The van der Waals surface area contributed by atoms with E-state index in [2.05, 4.69) is 43.3 Å². The molecule has 4 rings (SSSR count). The Kier molecular flexibility index (Phi) is 4.44. The van der Waals surface area contributed by atoms with Crippen LogP contribution in [0.4, 0.5) is 0 Å². The third-order valence-corrected chi connectivity index (χ3v) is 6.64. The van der Waals surface area contributed by atoms with E-state index in [0.29, 0.717) is 5.25 Å². The summed E-state index contributed by atoms with van der Waals surface area (Å²) in [6.07, 6.45) is 10.1. The minimum Gasteiger partial charge on any atom is -0.352 e. The normalized spacial score (nSPS) is 27.5. The van der Waals surface area contributed by atoms with E-state index >= 15 is 0 Å². The van der Waals surface area contributed by atoms with E-state index in [0.717, 1.165) is 25.0 Å². The maximum atomic E-state index is 5.17. The van der Waals surface area contributed by atoms with Gasteiger partial charge in [-0.3, -0.25) is 0 Å². The first-order chi connectivity index (χ1) is 11.6. The highest BCUT2D eigenvalue weighted by Crippen LogP contribution is 2.41. The van der Waals surface area contributed by atoms with Crippen LogP contribution in [0.1, 0.15) is 46.0 Å². The van der Waals surface area contributed by atoms with Crippen LogP contribution in [-0.2, 0) is 0 Å². The molecule has 0 radical (unpaired) electrons. The lowest BCUT2D eigenvalue weighted by Gasteiger charge is -2.26. The number of piperidine rings is 1. The fourth-order valence-electron chi connectivity index (χ4n) is 3.95. The van der Waals surface area contributed by atoms with Gasteiger partial charge in [0.15, 0.2) is 0 Å². The lowest BCUT2D eigenvalue weighted by atomic mass is 9.92. The Labute approximate surface area is 149 Å². The summed E-state index contributed by atoms with van der Waals surface area (Å²) >= 11 is 1.99. The number of aliphatic imine (C=N–C) groups is 1. The summed E-state index contributed by atoms with van der Waals surface area (Å²) in [7, 11) is 2.22. The predicted octanol–water partition coefficient (Wildman–Crippen LogP) is 4.37. The average molecular weight is 342 g/mol. The molecule has 0 amide bonds. The number of nitrogens with one attached hydrogen (secondary N) is 1. The molecule has 0 aromatic carbocycles. The van der Waals surface area contributed by atoms with Crippen LogP contribution in [0.5, 0.6) is 0 Å². The Morgan fingerprint density at radius 1 is 1.29 bits per heavy atom. The topological polar surface area (TPSA) is 27.6 Å². The van der Waals surface area contributed by atoms with Crippen molar-refractivity contribution >= 4 is 17.5 Å². The molecule has 3 nitrogen and oxygen atoms in total. The van der Waals surface area contributed by atoms with Crippen LogP contribution in [0.2, 0.25) is 0 Å². The maximum absolute atomic E-state index is 5.17. The number of hydrogen-bond donors (Lipinski definition) is 1. The highest BCUT2D eigenvalue weighted by atomic mass is 32.2. The molecule has 0 saturated carbocycles. The molecule has 1 atom stereocenters. The molecule has 1 N–H and O–H groups in total. The highest BCUT2D eigenvalue weighted by Gasteiger charge is 2.30. The molecule has 128 valence electrons. The number of thioether (sulfide) groups is 1. The van der Waals surface area contributed by atoms with Gasteiger partial charge in [0.05, 0.1) is 16.4 Å². The van der Waals surface area contributed by atoms with E-state index in [1.165, 1.54) is 53.5 Å². The van der Waals surface area contributed by atoms with Crippen LogP contribution in [0, 0.1) is 0 Å². The molecule has 1 aliphatic carbocycles. The number of rotatable bonds is 1. The monoisotopic (exact) mass is 341 g/mol. The van der Waals surface area contributed by atoms with Crippen molar-refractivity contribution in [2.75, 3.05) is 20.1 Å². The second kappa shape index (κ2) is 6.57. The zero-order valence-corrected chi connectivity index (χ0v) is 15.8. The standard InChI is InChI=1S/C20H27N3S/c1-13-12-16-19(14(2)15-8-10-23(3)11-9-15)21-17-6-4-5-7-18(17)22-20(16)24-13/h4,6,13,22H,5,7-12H2,1-3H3. The van der Waals surface area contributed by atoms with Gasteiger partial charge in [-0.1, -0.05) is 18.6 Å². The van der Waals surface area contributed by atoms with Gasteiger partial charge in [0, 0.05) is 29.6 Å². The number of hydrogen-bond acceptors (Lipinski definition) is 4. The molecular formula is C20H27N3S. The number of allylic oxidation sites excluding steroid dienone is 5. The van der Waals surface area contributed by atoms with Gasteiger partial charge in [0.1, 0.15) is 0 Å². The van der Waals surface area contributed by atoms with Crippen LogP contribution in [0.3, 0.4) is 0 Å². The van der Waals surface area contributed by atoms with Crippen molar-refractivity contribution < 1.29 is 0 Å². The molecule has 3 aliphatic heterocycles. The van der Waals surface area contributed by atoms with Gasteiger partial charge in [0.2, 0.25) is 0 Å². The van der Waals surface area contributed by atoms with E-state index in [4.69, 9.17) is 4.99 Å². The summed E-state index contributed by atoms with van der Waals surface area (Å²) in [6.45, 7) is 6.97. The fraction of sp³-hybridized carbons (Fsp3) is 0.550. The molecular weight excluding hydrogens is 314 g/mol. The number of nitrogens with zero attached hydrogens (tertiary/aromatic N) is 2. The van der Waals surface area contributed by atoms with E-state index in [9.17, 15) is 0 Å². The fourth-order valence-corrected chi connectivity index (χ4v) is 5.11. The number of likely N-dealkylation sites (tertiary alicyclic amines) is 1. The van der Waals surface area contributed by atoms with E-state index < -0.39 is 0 Å². The van der Waals surface area contributed by atoms with Gasteiger partial charge in [-0.25, -0.2) is 4.99 Å². The van der Waals surface area contributed by atoms with Crippen molar-refractivity contribution in [1.29, 1.82) is 0 Å². The third kappa shape index (κ3) is 3.02. The molecule has 1 fully saturated rings. The summed E-state index contributed by atoms with van der Waals surface area (Å²) in [6, 6.07) is 0. The van der Waals surface area contributed by atoms with Crippen LogP contribution in [-0.4, -0.2) is 36.0 Å². The Bertz CT molecular complexity index is 698. The van der Waals surface area contributed by atoms with Crippen molar-refractivity contribution in [2.24, 2.45) is 4.99 Å². The van der Waals surface area contributed by atoms with Crippen molar-refractivity contribution in [2.45, 2.75) is 51.2 Å². The largest absolute Gasteiger partial charge is 0.352 e. The Hall–Kier alpha value is -1.26. The van der Waals surface area contributed by atoms with Crippen LogP contribution >= 0.6 is 11.8 Å². The molecule has 3 heterocycles. The molecule has 4 heteroatoms. The summed E-state index contributed by atoms with van der Waals surface area (Å²) in [4.78, 5) is 7.60. The van der Waals surface area contributed by atoms with Crippen molar-refractivity contribution in [3.63, 3.8) is 0 Å². The molecule has 1 unspecified atom stereocenters.